The molecule has 0 saturated heterocycles. The van der Waals surface area contributed by atoms with Crippen molar-refractivity contribution in [1.29, 1.82) is 5.26 Å². The highest BCUT2D eigenvalue weighted by molar-refractivity contribution is 9.10. The second kappa shape index (κ2) is 3.94. The molecule has 0 spiro atoms. The number of hydrogen-bond donors (Lipinski definition) is 1. The summed E-state index contributed by atoms with van der Waals surface area (Å²) in [5.41, 5.74) is -1.29. The third-order valence-corrected chi connectivity index (χ3v) is 1.87. The van der Waals surface area contributed by atoms with Gasteiger partial charge in [-0.3, -0.25) is 4.79 Å². The molecule has 1 aromatic rings. The number of H-pyrrole nitrogens is 1. The Hall–Kier alpha value is -1.49. The van der Waals surface area contributed by atoms with E-state index in [1.165, 1.54) is 0 Å². The molecule has 4 nitrogen and oxygen atoms in total. The van der Waals surface area contributed by atoms with Crippen LogP contribution >= 0.6 is 15.9 Å². The highest BCUT2D eigenvalue weighted by Crippen LogP contribution is 2.26. The number of nitrogens with zero attached hydrogens (tertiary/aromatic N) is 1. The molecule has 0 bridgehead atoms. The zero-order valence-corrected chi connectivity index (χ0v) is 8.44. The van der Waals surface area contributed by atoms with Gasteiger partial charge < -0.3 is 9.72 Å². The molecule has 0 aliphatic rings. The molecule has 8 heteroatoms. The number of rotatable bonds is 1. The first kappa shape index (κ1) is 11.6. The van der Waals surface area contributed by atoms with E-state index in [0.29, 0.717) is 0 Å². The average molecular weight is 283 g/mol. The van der Waals surface area contributed by atoms with Crippen molar-refractivity contribution in [2.75, 3.05) is 0 Å². The van der Waals surface area contributed by atoms with Crippen LogP contribution in [0.2, 0.25) is 0 Å². The normalized spacial score (nSPS) is 10.9. The number of hydrogen-bond acceptors (Lipinski definition) is 3. The van der Waals surface area contributed by atoms with Gasteiger partial charge in [-0.05, 0) is 22.0 Å². The largest absolute Gasteiger partial charge is 0.573 e. The molecule has 0 atom stereocenters. The van der Waals surface area contributed by atoms with Gasteiger partial charge in [0, 0.05) is 0 Å². The van der Waals surface area contributed by atoms with Crippen molar-refractivity contribution in [2.24, 2.45) is 0 Å². The zero-order chi connectivity index (χ0) is 11.6. The van der Waals surface area contributed by atoms with Gasteiger partial charge in [0.15, 0.2) is 0 Å². The number of nitrogens with one attached hydrogen (secondary N) is 1. The van der Waals surface area contributed by atoms with Crippen LogP contribution in [0, 0.1) is 11.3 Å². The van der Waals surface area contributed by atoms with E-state index in [9.17, 15) is 18.0 Å². The third-order valence-electron chi connectivity index (χ3n) is 1.28. The van der Waals surface area contributed by atoms with Gasteiger partial charge in [-0.25, -0.2) is 0 Å². The van der Waals surface area contributed by atoms with Crippen molar-refractivity contribution in [3.8, 4) is 11.8 Å². The van der Waals surface area contributed by atoms with Crippen LogP contribution in [0.25, 0.3) is 0 Å². The standard InChI is InChI=1S/C7H2BrF3N2O2/c8-4-1-3(2-12)13-6(14)5(4)15-7(9,10)11/h1H,(H,13,14). The number of alkyl halides is 3. The predicted molar refractivity (Wildman–Crippen MR) is 46.2 cm³/mol. The molecular formula is C7H2BrF3N2O2. The Morgan fingerprint density at radius 1 is 1.53 bits per heavy atom. The van der Waals surface area contributed by atoms with Crippen LogP contribution in [0.15, 0.2) is 15.3 Å². The molecule has 0 amide bonds. The van der Waals surface area contributed by atoms with Gasteiger partial charge in [0.2, 0.25) is 5.75 Å². The smallest absolute Gasteiger partial charge is 0.399 e. The molecule has 1 aromatic heterocycles. The van der Waals surface area contributed by atoms with Crippen LogP contribution in [-0.2, 0) is 0 Å². The first-order valence-corrected chi connectivity index (χ1v) is 4.21. The molecule has 0 radical (unpaired) electrons. The quantitative estimate of drug-likeness (QED) is 0.856. The van der Waals surface area contributed by atoms with Crippen LogP contribution in [0.3, 0.4) is 0 Å². The van der Waals surface area contributed by atoms with Crippen molar-refractivity contribution in [2.45, 2.75) is 6.36 Å². The van der Waals surface area contributed by atoms with Gasteiger partial charge >= 0.3 is 6.36 Å². The van der Waals surface area contributed by atoms with Crippen molar-refractivity contribution in [1.82, 2.24) is 4.98 Å². The molecule has 1 heterocycles. The summed E-state index contributed by atoms with van der Waals surface area (Å²) in [4.78, 5) is 13.0. The molecule has 80 valence electrons. The minimum atomic E-state index is -4.95. The average Bonchev–Trinajstić information content (AvgIpc) is 2.09. The van der Waals surface area contributed by atoms with Crippen molar-refractivity contribution in [3.05, 3.63) is 26.6 Å². The number of ether oxygens (including phenoxy) is 1. The topological polar surface area (TPSA) is 65.9 Å². The Morgan fingerprint density at radius 2 is 2.13 bits per heavy atom. The van der Waals surface area contributed by atoms with Gasteiger partial charge in [0.05, 0.1) is 4.47 Å². The predicted octanol–water partition coefficient (Wildman–Crippen LogP) is 1.91. The van der Waals surface area contributed by atoms with E-state index in [4.69, 9.17) is 5.26 Å². The summed E-state index contributed by atoms with van der Waals surface area (Å²) in [5.74, 6) is -0.929. The lowest BCUT2D eigenvalue weighted by Gasteiger charge is -2.09. The van der Waals surface area contributed by atoms with Gasteiger partial charge in [0.1, 0.15) is 11.8 Å². The highest BCUT2D eigenvalue weighted by Gasteiger charge is 2.33. The Morgan fingerprint density at radius 3 is 2.53 bits per heavy atom. The van der Waals surface area contributed by atoms with Gasteiger partial charge in [0.25, 0.3) is 5.56 Å². The number of aromatic amines is 1. The fourth-order valence-corrected chi connectivity index (χ4v) is 1.28. The zero-order valence-electron chi connectivity index (χ0n) is 6.85. The van der Waals surface area contributed by atoms with Gasteiger partial charge in [-0.1, -0.05) is 0 Å². The molecule has 1 N–H and O–H groups in total. The van der Waals surface area contributed by atoms with E-state index in [1.807, 2.05) is 4.98 Å². The van der Waals surface area contributed by atoms with E-state index in [0.717, 1.165) is 6.07 Å². The maximum Gasteiger partial charge on any atom is 0.573 e. The molecule has 15 heavy (non-hydrogen) atoms. The molecule has 1 rings (SSSR count). The van der Waals surface area contributed by atoms with Crippen LogP contribution in [0.4, 0.5) is 13.2 Å². The Kier molecular flexibility index (Phi) is 3.04. The first-order valence-electron chi connectivity index (χ1n) is 3.42. The summed E-state index contributed by atoms with van der Waals surface area (Å²) in [6.45, 7) is 0. The summed E-state index contributed by atoms with van der Waals surface area (Å²) >= 11 is 2.70. The lowest BCUT2D eigenvalue weighted by Crippen LogP contribution is -2.23. The summed E-state index contributed by atoms with van der Waals surface area (Å²) in [5, 5.41) is 8.41. The van der Waals surface area contributed by atoms with Crippen LogP contribution in [-0.4, -0.2) is 11.3 Å². The van der Waals surface area contributed by atoms with Crippen molar-refractivity contribution < 1.29 is 17.9 Å². The number of halogens is 4. The van der Waals surface area contributed by atoms with Gasteiger partial charge in [-0.15, -0.1) is 13.2 Å². The van der Waals surface area contributed by atoms with Crippen molar-refractivity contribution >= 4 is 15.9 Å². The first-order chi connectivity index (χ1) is 6.83. The molecule has 0 aromatic carbocycles. The molecule has 0 saturated carbocycles. The van der Waals surface area contributed by atoms with E-state index in [-0.39, 0.29) is 10.2 Å². The lowest BCUT2D eigenvalue weighted by atomic mass is 10.3. The number of nitriles is 1. The Balaban J connectivity index is 3.22. The van der Waals surface area contributed by atoms with Crippen LogP contribution in [0.1, 0.15) is 5.69 Å². The van der Waals surface area contributed by atoms with E-state index >= 15 is 0 Å². The summed E-state index contributed by atoms with van der Waals surface area (Å²) in [6.07, 6.45) is -4.95. The number of pyridine rings is 1. The van der Waals surface area contributed by atoms with Crippen LogP contribution < -0.4 is 10.3 Å². The second-order valence-electron chi connectivity index (χ2n) is 2.35. The molecule has 0 unspecified atom stereocenters. The van der Waals surface area contributed by atoms with E-state index in [1.54, 1.807) is 6.07 Å². The minimum Gasteiger partial charge on any atom is -0.399 e. The maximum atomic E-state index is 11.8. The maximum absolute atomic E-state index is 11.8. The lowest BCUT2D eigenvalue weighted by molar-refractivity contribution is -0.275. The van der Waals surface area contributed by atoms with E-state index < -0.39 is 17.7 Å². The molecule has 0 aliphatic carbocycles. The third kappa shape index (κ3) is 2.99. The fourth-order valence-electron chi connectivity index (χ4n) is 0.787. The Labute approximate surface area is 89.4 Å². The molecular weight excluding hydrogens is 281 g/mol. The van der Waals surface area contributed by atoms with Gasteiger partial charge in [-0.2, -0.15) is 5.26 Å². The highest BCUT2D eigenvalue weighted by atomic mass is 79.9. The summed E-state index contributed by atoms with van der Waals surface area (Å²) in [6, 6.07) is 2.59. The molecule has 0 aliphatic heterocycles. The van der Waals surface area contributed by atoms with Crippen LogP contribution in [0.5, 0.6) is 5.75 Å². The minimum absolute atomic E-state index is 0.165. The second-order valence-corrected chi connectivity index (χ2v) is 3.20. The number of aromatic nitrogens is 1. The summed E-state index contributed by atoms with van der Waals surface area (Å²) in [7, 11) is 0. The fraction of sp³-hybridized carbons (Fsp3) is 0.143. The SMILES string of the molecule is N#Cc1cc(Br)c(OC(F)(F)F)c(=O)[nH]1. The van der Waals surface area contributed by atoms with E-state index in [2.05, 4.69) is 20.7 Å². The Bertz CT molecular complexity index is 475. The van der Waals surface area contributed by atoms with Crippen molar-refractivity contribution in [3.63, 3.8) is 0 Å². The monoisotopic (exact) mass is 282 g/mol. The molecule has 0 fully saturated rings. The summed E-state index contributed by atoms with van der Waals surface area (Å²) < 4.78 is 38.7.